The summed E-state index contributed by atoms with van der Waals surface area (Å²) in [6.07, 6.45) is 8.41. The molecule has 1 atom stereocenters. The third-order valence-electron chi connectivity index (χ3n) is 6.52. The first kappa shape index (κ1) is 19.2. The van der Waals surface area contributed by atoms with Crippen LogP contribution in [-0.4, -0.2) is 56.9 Å². The molecule has 5 rings (SSSR count). The number of nitrogens with zero attached hydrogens (tertiary/aromatic N) is 6. The molecule has 2 aromatic heterocycles. The topological polar surface area (TPSA) is 50.1 Å². The van der Waals surface area contributed by atoms with E-state index in [-0.39, 0.29) is 0 Å². The Morgan fingerprint density at radius 3 is 2.57 bits per heavy atom. The highest BCUT2D eigenvalue weighted by atomic mass is 15.3. The minimum absolute atomic E-state index is 0.562. The molecule has 0 N–H and O–H groups in total. The number of benzene rings is 1. The molecule has 156 valence electrons. The summed E-state index contributed by atoms with van der Waals surface area (Å²) in [5.41, 5.74) is 3.75. The molecule has 1 aliphatic heterocycles. The maximum atomic E-state index is 5.06. The summed E-state index contributed by atoms with van der Waals surface area (Å²) in [4.78, 5) is 15.1. The van der Waals surface area contributed by atoms with Gasteiger partial charge in [-0.1, -0.05) is 30.3 Å². The average molecular weight is 403 g/mol. The lowest BCUT2D eigenvalue weighted by molar-refractivity contribution is 0.182. The van der Waals surface area contributed by atoms with Gasteiger partial charge in [0.1, 0.15) is 5.82 Å². The third kappa shape index (κ3) is 3.97. The number of aryl methyl sites for hydroxylation is 2. The van der Waals surface area contributed by atoms with Gasteiger partial charge in [-0.3, -0.25) is 9.58 Å². The summed E-state index contributed by atoms with van der Waals surface area (Å²) in [6.45, 7) is 7.55. The van der Waals surface area contributed by atoms with E-state index in [0.29, 0.717) is 6.04 Å². The summed E-state index contributed by atoms with van der Waals surface area (Å²) in [5, 5.41) is 4.33. The molecule has 0 radical (unpaired) electrons. The summed E-state index contributed by atoms with van der Waals surface area (Å²) in [7, 11) is 0. The molecule has 0 spiro atoms. The van der Waals surface area contributed by atoms with Gasteiger partial charge in [0, 0.05) is 68.0 Å². The minimum Gasteiger partial charge on any atom is -0.354 e. The Labute approximate surface area is 178 Å². The molecular formula is C24H30N6. The molecule has 1 aliphatic carbocycles. The predicted molar refractivity (Wildman–Crippen MR) is 120 cm³/mol. The van der Waals surface area contributed by atoms with Crippen LogP contribution in [0, 0.1) is 0 Å². The Morgan fingerprint density at radius 2 is 1.80 bits per heavy atom. The summed E-state index contributed by atoms with van der Waals surface area (Å²) >= 11 is 0. The van der Waals surface area contributed by atoms with Crippen LogP contribution in [0.5, 0.6) is 0 Å². The first-order valence-electron chi connectivity index (χ1n) is 11.2. The second-order valence-electron chi connectivity index (χ2n) is 8.45. The van der Waals surface area contributed by atoms with Crippen molar-refractivity contribution in [3.05, 3.63) is 60.0 Å². The van der Waals surface area contributed by atoms with E-state index in [9.17, 15) is 0 Å². The molecule has 30 heavy (non-hydrogen) atoms. The lowest BCUT2D eigenvalue weighted by Crippen LogP contribution is -2.50. The highest BCUT2D eigenvalue weighted by Crippen LogP contribution is 2.32. The third-order valence-corrected chi connectivity index (χ3v) is 6.52. The fourth-order valence-electron chi connectivity index (χ4n) is 4.70. The van der Waals surface area contributed by atoms with Gasteiger partial charge in [0.2, 0.25) is 0 Å². The molecule has 1 aromatic carbocycles. The van der Waals surface area contributed by atoms with Crippen molar-refractivity contribution in [3.63, 3.8) is 0 Å². The zero-order valence-corrected chi connectivity index (χ0v) is 17.7. The molecule has 0 amide bonds. The van der Waals surface area contributed by atoms with Crippen molar-refractivity contribution in [1.29, 1.82) is 0 Å². The quantitative estimate of drug-likeness (QED) is 0.632. The Balaban J connectivity index is 1.28. The van der Waals surface area contributed by atoms with Crippen LogP contribution < -0.4 is 4.90 Å². The van der Waals surface area contributed by atoms with Crippen LogP contribution in [-0.2, 0) is 19.4 Å². The Hall–Kier alpha value is -2.73. The van der Waals surface area contributed by atoms with Crippen molar-refractivity contribution in [1.82, 2.24) is 24.6 Å². The fraction of sp³-hybridized carbons (Fsp3) is 0.458. The van der Waals surface area contributed by atoms with Gasteiger partial charge in [-0.25, -0.2) is 9.97 Å². The van der Waals surface area contributed by atoms with Crippen LogP contribution in [0.3, 0.4) is 0 Å². The Bertz CT molecular complexity index is 961. The van der Waals surface area contributed by atoms with Crippen LogP contribution >= 0.6 is 0 Å². The van der Waals surface area contributed by atoms with Gasteiger partial charge in [0.15, 0.2) is 5.82 Å². The first-order valence-corrected chi connectivity index (χ1v) is 11.2. The molecule has 2 aliphatic rings. The Kier molecular flexibility index (Phi) is 5.49. The Morgan fingerprint density at radius 1 is 0.967 bits per heavy atom. The van der Waals surface area contributed by atoms with Gasteiger partial charge >= 0.3 is 0 Å². The maximum Gasteiger partial charge on any atom is 0.161 e. The normalized spacial score (nSPS) is 17.8. The highest BCUT2D eigenvalue weighted by Gasteiger charge is 2.27. The average Bonchev–Trinajstić information content (AvgIpc) is 3.49. The largest absolute Gasteiger partial charge is 0.354 e. The molecule has 3 heterocycles. The van der Waals surface area contributed by atoms with E-state index >= 15 is 0 Å². The van der Waals surface area contributed by atoms with Crippen molar-refractivity contribution in [2.45, 2.75) is 45.2 Å². The van der Waals surface area contributed by atoms with E-state index in [0.717, 1.165) is 63.4 Å². The number of hydrogen-bond donors (Lipinski definition) is 0. The summed E-state index contributed by atoms with van der Waals surface area (Å²) in [5.74, 6) is 2.06. The molecule has 3 aromatic rings. The lowest BCUT2D eigenvalue weighted by atomic mass is 10.1. The maximum absolute atomic E-state index is 5.06. The fourth-order valence-corrected chi connectivity index (χ4v) is 4.70. The van der Waals surface area contributed by atoms with Crippen LogP contribution in [0.25, 0.3) is 11.4 Å². The zero-order valence-electron chi connectivity index (χ0n) is 17.7. The van der Waals surface area contributed by atoms with Gasteiger partial charge in [-0.05, 0) is 38.7 Å². The van der Waals surface area contributed by atoms with Gasteiger partial charge in [-0.15, -0.1) is 0 Å². The predicted octanol–water partition coefficient (Wildman–Crippen LogP) is 3.43. The summed E-state index contributed by atoms with van der Waals surface area (Å²) < 4.78 is 2.03. The van der Waals surface area contributed by atoms with Gasteiger partial charge in [-0.2, -0.15) is 5.10 Å². The SMILES string of the molecule is C[C@@H](CCn1cccn1)N1CCN(c2nc(-c3ccccc3)nc3c2CCC3)CC1. The number of rotatable bonds is 6. The van der Waals surface area contributed by atoms with E-state index in [4.69, 9.17) is 9.97 Å². The van der Waals surface area contributed by atoms with Crippen LogP contribution in [0.2, 0.25) is 0 Å². The van der Waals surface area contributed by atoms with E-state index in [2.05, 4.69) is 46.1 Å². The molecule has 0 bridgehead atoms. The monoisotopic (exact) mass is 402 g/mol. The van der Waals surface area contributed by atoms with E-state index in [1.54, 1.807) is 0 Å². The second-order valence-corrected chi connectivity index (χ2v) is 8.45. The highest BCUT2D eigenvalue weighted by molar-refractivity contribution is 5.61. The van der Waals surface area contributed by atoms with Crippen molar-refractivity contribution in [2.24, 2.45) is 0 Å². The standard InChI is InChI=1S/C24H30N6/c1-19(11-14-30-13-6-12-25-30)28-15-17-29(18-16-28)24-21-9-5-10-22(21)26-23(27-24)20-7-3-2-4-8-20/h2-4,6-8,12-13,19H,5,9-11,14-18H2,1H3/t19-/m0/s1. The summed E-state index contributed by atoms with van der Waals surface area (Å²) in [6, 6.07) is 13.0. The van der Waals surface area contributed by atoms with Crippen molar-refractivity contribution in [3.8, 4) is 11.4 Å². The molecule has 1 saturated heterocycles. The number of aromatic nitrogens is 4. The zero-order chi connectivity index (χ0) is 20.3. The van der Waals surface area contributed by atoms with Crippen molar-refractivity contribution < 1.29 is 0 Å². The first-order chi connectivity index (χ1) is 14.8. The molecule has 0 saturated carbocycles. The molecule has 6 nitrogen and oxygen atoms in total. The molecule has 0 unspecified atom stereocenters. The number of hydrogen-bond acceptors (Lipinski definition) is 5. The molecule has 1 fully saturated rings. The number of anilines is 1. The van der Waals surface area contributed by atoms with E-state index in [1.807, 2.05) is 29.2 Å². The minimum atomic E-state index is 0.562. The number of piperazine rings is 1. The number of fused-ring (bicyclic) bond motifs is 1. The van der Waals surface area contributed by atoms with E-state index < -0.39 is 0 Å². The van der Waals surface area contributed by atoms with Gasteiger partial charge in [0.05, 0.1) is 0 Å². The van der Waals surface area contributed by atoms with Gasteiger partial charge in [0.25, 0.3) is 0 Å². The van der Waals surface area contributed by atoms with Crippen LogP contribution in [0.15, 0.2) is 48.8 Å². The van der Waals surface area contributed by atoms with Crippen LogP contribution in [0.1, 0.15) is 31.0 Å². The molecular weight excluding hydrogens is 372 g/mol. The smallest absolute Gasteiger partial charge is 0.161 e. The van der Waals surface area contributed by atoms with Crippen LogP contribution in [0.4, 0.5) is 5.82 Å². The van der Waals surface area contributed by atoms with E-state index in [1.165, 1.54) is 23.5 Å². The molecule has 6 heteroatoms. The van der Waals surface area contributed by atoms with Crippen molar-refractivity contribution in [2.75, 3.05) is 31.1 Å². The van der Waals surface area contributed by atoms with Gasteiger partial charge < -0.3 is 4.90 Å². The second kappa shape index (κ2) is 8.56. The lowest BCUT2D eigenvalue weighted by Gasteiger charge is -2.39. The van der Waals surface area contributed by atoms with Crippen molar-refractivity contribution >= 4 is 5.82 Å².